The highest BCUT2D eigenvalue weighted by Gasteiger charge is 2.20. The smallest absolute Gasteiger partial charge is 0.153 e. The van der Waals surface area contributed by atoms with Crippen molar-refractivity contribution < 1.29 is 16.8 Å². The van der Waals surface area contributed by atoms with Crippen LogP contribution in [-0.4, -0.2) is 44.7 Å². The van der Waals surface area contributed by atoms with Crippen LogP contribution in [0.3, 0.4) is 0 Å². The Morgan fingerprint density at radius 1 is 1.00 bits per heavy atom. The molecule has 0 aliphatic rings. The van der Waals surface area contributed by atoms with Crippen LogP contribution >= 0.6 is 15.9 Å². The Morgan fingerprint density at radius 2 is 1.50 bits per heavy atom. The van der Waals surface area contributed by atoms with Crippen LogP contribution in [0.1, 0.15) is 13.8 Å². The van der Waals surface area contributed by atoms with Crippen molar-refractivity contribution in [1.82, 2.24) is 0 Å². The minimum absolute atomic E-state index is 0.0133. The maximum atomic E-state index is 11.3. The van der Waals surface area contributed by atoms with Gasteiger partial charge >= 0.3 is 0 Å². The van der Waals surface area contributed by atoms with Gasteiger partial charge in [0.25, 0.3) is 0 Å². The molecule has 86 valence electrons. The summed E-state index contributed by atoms with van der Waals surface area (Å²) in [5.74, 6) is -0.570. The van der Waals surface area contributed by atoms with E-state index in [4.69, 9.17) is 0 Å². The van der Waals surface area contributed by atoms with Crippen molar-refractivity contribution in [2.75, 3.05) is 22.6 Å². The fourth-order valence-electron chi connectivity index (χ4n) is 0.698. The first-order valence-electron chi connectivity index (χ1n) is 4.19. The van der Waals surface area contributed by atoms with Crippen LogP contribution in [0.25, 0.3) is 0 Å². The van der Waals surface area contributed by atoms with Crippen LogP contribution < -0.4 is 0 Å². The summed E-state index contributed by atoms with van der Waals surface area (Å²) < 4.78 is 45.0. The summed E-state index contributed by atoms with van der Waals surface area (Å²) in [5.41, 5.74) is 0. The van der Waals surface area contributed by atoms with Gasteiger partial charge in [-0.15, -0.1) is 0 Å². The second kappa shape index (κ2) is 5.46. The topological polar surface area (TPSA) is 68.3 Å². The maximum absolute atomic E-state index is 11.3. The molecule has 0 aliphatic carbocycles. The Labute approximate surface area is 94.0 Å². The fourth-order valence-corrected chi connectivity index (χ4v) is 5.03. The maximum Gasteiger partial charge on any atom is 0.153 e. The van der Waals surface area contributed by atoms with Gasteiger partial charge in [0.05, 0.1) is 22.5 Å². The number of halogens is 1. The Balaban J connectivity index is 4.34. The first-order valence-corrected chi connectivity index (χ1v) is 8.85. The second-order valence-electron chi connectivity index (χ2n) is 3.26. The molecule has 0 N–H and O–H groups in total. The Morgan fingerprint density at radius 3 is 1.86 bits per heavy atom. The number of hydrogen-bond acceptors (Lipinski definition) is 4. The highest BCUT2D eigenvalue weighted by molar-refractivity contribution is 9.09. The van der Waals surface area contributed by atoms with Gasteiger partial charge in [-0.1, -0.05) is 15.9 Å². The van der Waals surface area contributed by atoms with Crippen LogP contribution in [0.2, 0.25) is 0 Å². The van der Waals surface area contributed by atoms with Crippen LogP contribution in [0.4, 0.5) is 0 Å². The number of rotatable bonds is 6. The number of alkyl halides is 1. The van der Waals surface area contributed by atoms with Crippen molar-refractivity contribution >= 4 is 35.6 Å². The van der Waals surface area contributed by atoms with E-state index in [9.17, 15) is 16.8 Å². The van der Waals surface area contributed by atoms with E-state index in [1.165, 1.54) is 0 Å². The monoisotopic (exact) mass is 306 g/mol. The molecule has 0 aromatic rings. The predicted molar refractivity (Wildman–Crippen MR) is 61.4 cm³/mol. The standard InChI is InChI=1S/C7H15BrO4S2/c1-7(2)14(11,12)6-5-13(9,10)4-3-8/h7H,3-6H2,1-2H3. The molecule has 0 fully saturated rings. The molecule has 0 heterocycles. The summed E-state index contributed by atoms with van der Waals surface area (Å²) in [6.07, 6.45) is 0. The molecule has 7 heteroatoms. The molecule has 0 aromatic carbocycles. The molecule has 0 spiro atoms. The lowest BCUT2D eigenvalue weighted by atomic mass is 10.6. The zero-order valence-corrected chi connectivity index (χ0v) is 11.5. The lowest BCUT2D eigenvalue weighted by molar-refractivity contribution is 0.583. The fraction of sp³-hybridized carbons (Fsp3) is 1.00. The van der Waals surface area contributed by atoms with Gasteiger partial charge in [-0.2, -0.15) is 0 Å². The average Bonchev–Trinajstić information content (AvgIpc) is 2.01. The quantitative estimate of drug-likeness (QED) is 0.675. The van der Waals surface area contributed by atoms with E-state index in [1.54, 1.807) is 13.8 Å². The van der Waals surface area contributed by atoms with Crippen molar-refractivity contribution in [1.29, 1.82) is 0 Å². The molecule has 0 aliphatic heterocycles. The van der Waals surface area contributed by atoms with E-state index < -0.39 is 24.9 Å². The lowest BCUT2D eigenvalue weighted by Crippen LogP contribution is -2.25. The molecular weight excluding hydrogens is 292 g/mol. The Hall–Kier alpha value is 0.380. The molecule has 0 rings (SSSR count). The van der Waals surface area contributed by atoms with Crippen molar-refractivity contribution in [3.8, 4) is 0 Å². The molecule has 0 saturated heterocycles. The molecule has 0 saturated carbocycles. The van der Waals surface area contributed by atoms with E-state index in [1.807, 2.05) is 0 Å². The van der Waals surface area contributed by atoms with Gasteiger partial charge in [-0.25, -0.2) is 16.8 Å². The minimum atomic E-state index is -3.24. The molecule has 0 unspecified atom stereocenters. The second-order valence-corrected chi connectivity index (χ2v) is 9.03. The zero-order valence-electron chi connectivity index (χ0n) is 8.23. The highest BCUT2D eigenvalue weighted by atomic mass is 79.9. The van der Waals surface area contributed by atoms with Gasteiger partial charge in [0.15, 0.2) is 19.7 Å². The van der Waals surface area contributed by atoms with E-state index in [0.717, 1.165) is 0 Å². The molecule has 4 nitrogen and oxygen atoms in total. The molecule has 14 heavy (non-hydrogen) atoms. The zero-order chi connectivity index (χ0) is 11.4. The van der Waals surface area contributed by atoms with Gasteiger partial charge in [-0.05, 0) is 13.8 Å². The largest absolute Gasteiger partial charge is 0.229 e. The third kappa shape index (κ3) is 5.31. The first kappa shape index (κ1) is 14.4. The summed E-state index contributed by atoms with van der Waals surface area (Å²) in [6.45, 7) is 3.10. The normalized spacial score (nSPS) is 13.4. The molecule has 0 radical (unpaired) electrons. The van der Waals surface area contributed by atoms with Gasteiger partial charge in [0, 0.05) is 5.33 Å². The molecule has 0 bridgehead atoms. The summed E-state index contributed by atoms with van der Waals surface area (Å²) in [6, 6.07) is 0. The highest BCUT2D eigenvalue weighted by Crippen LogP contribution is 2.03. The van der Waals surface area contributed by atoms with Crippen LogP contribution in [0.5, 0.6) is 0 Å². The third-order valence-corrected chi connectivity index (χ3v) is 6.83. The van der Waals surface area contributed by atoms with E-state index in [0.29, 0.717) is 5.33 Å². The van der Waals surface area contributed by atoms with Crippen LogP contribution in [0, 0.1) is 0 Å². The van der Waals surface area contributed by atoms with E-state index in [-0.39, 0.29) is 17.3 Å². The van der Waals surface area contributed by atoms with Crippen LogP contribution in [0.15, 0.2) is 0 Å². The summed E-state index contributed by atoms with van der Waals surface area (Å²) in [7, 11) is -6.47. The Kier molecular flexibility index (Phi) is 5.61. The lowest BCUT2D eigenvalue weighted by Gasteiger charge is -2.07. The molecule has 0 amide bonds. The predicted octanol–water partition coefficient (Wildman–Crippen LogP) is 0.619. The van der Waals surface area contributed by atoms with E-state index >= 15 is 0 Å². The third-order valence-electron chi connectivity index (χ3n) is 1.79. The molecular formula is C7H15BrO4S2. The first-order chi connectivity index (χ1) is 6.21. The molecule has 0 aromatic heterocycles. The summed E-state index contributed by atoms with van der Waals surface area (Å²) >= 11 is 3.01. The van der Waals surface area contributed by atoms with Crippen molar-refractivity contribution in [2.24, 2.45) is 0 Å². The molecule has 0 atom stereocenters. The van der Waals surface area contributed by atoms with Crippen molar-refractivity contribution in [3.05, 3.63) is 0 Å². The number of sulfone groups is 2. The minimum Gasteiger partial charge on any atom is -0.229 e. The summed E-state index contributed by atoms with van der Waals surface area (Å²) in [4.78, 5) is 0. The van der Waals surface area contributed by atoms with Gasteiger partial charge in [0.1, 0.15) is 0 Å². The average molecular weight is 307 g/mol. The van der Waals surface area contributed by atoms with Gasteiger partial charge in [0.2, 0.25) is 0 Å². The number of hydrogen-bond donors (Lipinski definition) is 0. The van der Waals surface area contributed by atoms with E-state index in [2.05, 4.69) is 15.9 Å². The summed E-state index contributed by atoms with van der Waals surface area (Å²) in [5, 5.41) is -0.168. The van der Waals surface area contributed by atoms with Gasteiger partial charge in [-0.3, -0.25) is 0 Å². The van der Waals surface area contributed by atoms with Gasteiger partial charge < -0.3 is 0 Å². The van der Waals surface area contributed by atoms with Crippen molar-refractivity contribution in [2.45, 2.75) is 19.1 Å². The van der Waals surface area contributed by atoms with Crippen LogP contribution in [-0.2, 0) is 19.7 Å². The SMILES string of the molecule is CC(C)S(=O)(=O)CCS(=O)(=O)CCBr. The Bertz CT molecular complexity index is 355. The van der Waals surface area contributed by atoms with Crippen molar-refractivity contribution in [3.63, 3.8) is 0 Å².